The quantitative estimate of drug-likeness (QED) is 0.241. The van der Waals surface area contributed by atoms with E-state index in [1.54, 1.807) is 36.4 Å². The lowest BCUT2D eigenvalue weighted by molar-refractivity contribution is -0.141. The van der Waals surface area contributed by atoms with Crippen LogP contribution in [0.5, 0.6) is 5.75 Å². The molecule has 190 valence electrons. The second-order valence-electron chi connectivity index (χ2n) is 11.7. The highest BCUT2D eigenvalue weighted by Crippen LogP contribution is 2.41. The van der Waals surface area contributed by atoms with Crippen LogP contribution in [-0.4, -0.2) is 23.7 Å². The molecule has 0 aliphatic heterocycles. The van der Waals surface area contributed by atoms with Crippen molar-refractivity contribution < 1.29 is 19.1 Å². The molecule has 0 fully saturated rings. The van der Waals surface area contributed by atoms with E-state index < -0.39 is 11.3 Å². The van der Waals surface area contributed by atoms with Gasteiger partial charge in [-0.15, -0.1) is 0 Å². The number of ether oxygens (including phenoxy) is 1. The van der Waals surface area contributed by atoms with Crippen molar-refractivity contribution in [3.8, 4) is 5.75 Å². The number of rotatable bonds is 10. The summed E-state index contributed by atoms with van der Waals surface area (Å²) in [7, 11) is 0. The Morgan fingerprint density at radius 1 is 0.800 bits per heavy atom. The van der Waals surface area contributed by atoms with Crippen molar-refractivity contribution >= 4 is 17.7 Å². The fourth-order valence-electron chi connectivity index (χ4n) is 4.38. The van der Waals surface area contributed by atoms with Crippen LogP contribution < -0.4 is 10.1 Å². The van der Waals surface area contributed by atoms with Gasteiger partial charge >= 0.3 is 5.97 Å². The summed E-state index contributed by atoms with van der Waals surface area (Å²) in [6.45, 7) is 16.2. The third kappa shape index (κ3) is 8.65. The van der Waals surface area contributed by atoms with Gasteiger partial charge in [0.05, 0.1) is 5.92 Å². The van der Waals surface area contributed by atoms with Crippen molar-refractivity contribution in [1.82, 2.24) is 5.32 Å². The molecular weight excluding hydrogens is 438 g/mol. The van der Waals surface area contributed by atoms with Crippen LogP contribution in [0.3, 0.4) is 0 Å². The number of carbonyl (C=O) groups is 3. The van der Waals surface area contributed by atoms with Gasteiger partial charge in [0.25, 0.3) is 0 Å². The molecule has 2 unspecified atom stereocenters. The van der Waals surface area contributed by atoms with Gasteiger partial charge in [-0.2, -0.15) is 0 Å². The molecule has 0 saturated carbocycles. The number of nitrogens with one attached hydrogen (secondary N) is 1. The SMILES string of the molecule is CC(C)NC(=O)C(CC(C)(C)C)C(C)(C)CC(C)C(=O)Oc1ccc(C(=O)c2ccccc2)cc1. The minimum atomic E-state index is -0.406. The highest BCUT2D eigenvalue weighted by molar-refractivity contribution is 6.09. The molecule has 0 aromatic heterocycles. The first-order valence-corrected chi connectivity index (χ1v) is 12.4. The molecule has 0 saturated heterocycles. The van der Waals surface area contributed by atoms with Gasteiger partial charge in [0.15, 0.2) is 5.78 Å². The van der Waals surface area contributed by atoms with Crippen molar-refractivity contribution in [3.05, 3.63) is 65.7 Å². The summed E-state index contributed by atoms with van der Waals surface area (Å²) in [6, 6.07) is 15.7. The molecule has 1 N–H and O–H groups in total. The van der Waals surface area contributed by atoms with Gasteiger partial charge in [0.2, 0.25) is 5.91 Å². The van der Waals surface area contributed by atoms with E-state index in [0.717, 1.165) is 6.42 Å². The van der Waals surface area contributed by atoms with Crippen molar-refractivity contribution in [2.24, 2.45) is 22.7 Å². The van der Waals surface area contributed by atoms with Crippen molar-refractivity contribution in [1.29, 1.82) is 0 Å². The van der Waals surface area contributed by atoms with Crippen LogP contribution in [-0.2, 0) is 9.59 Å². The Hall–Kier alpha value is -2.95. The van der Waals surface area contributed by atoms with Gasteiger partial charge in [0.1, 0.15) is 5.75 Å². The zero-order chi connectivity index (χ0) is 26.4. The molecule has 2 aromatic rings. The van der Waals surface area contributed by atoms with Crippen LogP contribution in [0.2, 0.25) is 0 Å². The molecule has 2 aromatic carbocycles. The minimum absolute atomic E-state index is 0.0270. The maximum absolute atomic E-state index is 13.1. The lowest BCUT2D eigenvalue weighted by atomic mass is 9.67. The summed E-state index contributed by atoms with van der Waals surface area (Å²) in [4.78, 5) is 38.5. The smallest absolute Gasteiger partial charge is 0.314 e. The van der Waals surface area contributed by atoms with Gasteiger partial charge in [-0.25, -0.2) is 0 Å². The number of benzene rings is 2. The Bertz CT molecular complexity index is 1000. The number of carbonyl (C=O) groups excluding carboxylic acids is 3. The summed E-state index contributed by atoms with van der Waals surface area (Å²) in [5.41, 5.74) is 0.709. The molecule has 0 aliphatic carbocycles. The lowest BCUT2D eigenvalue weighted by Gasteiger charge is -2.38. The fraction of sp³-hybridized carbons (Fsp3) is 0.500. The van der Waals surface area contributed by atoms with E-state index in [1.165, 1.54) is 0 Å². The molecule has 2 atom stereocenters. The molecular formula is C30H41NO4. The molecule has 0 aliphatic rings. The zero-order valence-electron chi connectivity index (χ0n) is 22.5. The molecule has 0 bridgehead atoms. The second kappa shape index (κ2) is 11.7. The number of amides is 1. The highest BCUT2D eigenvalue weighted by Gasteiger charge is 2.40. The highest BCUT2D eigenvalue weighted by atomic mass is 16.5. The largest absolute Gasteiger partial charge is 0.426 e. The monoisotopic (exact) mass is 479 g/mol. The summed E-state index contributed by atoms with van der Waals surface area (Å²) in [5.74, 6) is -0.636. The van der Waals surface area contributed by atoms with E-state index in [0.29, 0.717) is 23.3 Å². The number of hydrogen-bond acceptors (Lipinski definition) is 4. The average molecular weight is 480 g/mol. The Morgan fingerprint density at radius 3 is 1.86 bits per heavy atom. The first-order valence-electron chi connectivity index (χ1n) is 12.4. The average Bonchev–Trinajstić information content (AvgIpc) is 2.76. The standard InChI is InChI=1S/C30H41NO4/c1-20(2)31-27(33)25(19-29(4,5)6)30(7,8)18-21(3)28(34)35-24-16-14-23(15-17-24)26(32)22-12-10-9-11-13-22/h9-17,20-21,25H,18-19H2,1-8H3,(H,31,33). The summed E-state index contributed by atoms with van der Waals surface area (Å²) >= 11 is 0. The summed E-state index contributed by atoms with van der Waals surface area (Å²) < 4.78 is 5.62. The van der Waals surface area contributed by atoms with Crippen LogP contribution in [0.4, 0.5) is 0 Å². The first-order chi connectivity index (χ1) is 16.2. The van der Waals surface area contributed by atoms with E-state index in [4.69, 9.17) is 4.74 Å². The van der Waals surface area contributed by atoms with E-state index in [1.807, 2.05) is 39.0 Å². The third-order valence-electron chi connectivity index (χ3n) is 6.11. The van der Waals surface area contributed by atoms with E-state index in [9.17, 15) is 14.4 Å². The number of esters is 1. The van der Waals surface area contributed by atoms with Gasteiger partial charge < -0.3 is 10.1 Å². The summed E-state index contributed by atoms with van der Waals surface area (Å²) in [5, 5.41) is 3.06. The number of hydrogen-bond donors (Lipinski definition) is 1. The molecule has 1 amide bonds. The van der Waals surface area contributed by atoms with Crippen molar-refractivity contribution in [2.75, 3.05) is 0 Å². The predicted molar refractivity (Wildman–Crippen MR) is 140 cm³/mol. The van der Waals surface area contributed by atoms with Crippen LogP contribution >= 0.6 is 0 Å². The Morgan fingerprint density at radius 2 is 1.34 bits per heavy atom. The topological polar surface area (TPSA) is 72.5 Å². The molecule has 2 rings (SSSR count). The zero-order valence-corrected chi connectivity index (χ0v) is 22.5. The van der Waals surface area contributed by atoms with Crippen LogP contribution in [0.25, 0.3) is 0 Å². The van der Waals surface area contributed by atoms with Gasteiger partial charge in [0, 0.05) is 23.1 Å². The van der Waals surface area contributed by atoms with Crippen LogP contribution in [0.15, 0.2) is 54.6 Å². The molecule has 5 heteroatoms. The van der Waals surface area contributed by atoms with Crippen LogP contribution in [0.1, 0.15) is 84.2 Å². The van der Waals surface area contributed by atoms with E-state index in [-0.39, 0.29) is 35.0 Å². The Kier molecular flexibility index (Phi) is 9.42. The number of ketones is 1. The maximum Gasteiger partial charge on any atom is 0.314 e. The first kappa shape index (κ1) is 28.3. The van der Waals surface area contributed by atoms with E-state index >= 15 is 0 Å². The third-order valence-corrected chi connectivity index (χ3v) is 6.11. The molecule has 0 spiro atoms. The normalized spacial score (nSPS) is 13.7. The minimum Gasteiger partial charge on any atom is -0.426 e. The molecule has 0 radical (unpaired) electrons. The maximum atomic E-state index is 13.1. The lowest BCUT2D eigenvalue weighted by Crippen LogP contribution is -2.44. The molecule has 35 heavy (non-hydrogen) atoms. The van der Waals surface area contributed by atoms with Gasteiger partial charge in [-0.3, -0.25) is 14.4 Å². The van der Waals surface area contributed by atoms with E-state index in [2.05, 4.69) is 39.9 Å². The second-order valence-corrected chi connectivity index (χ2v) is 11.7. The summed E-state index contributed by atoms with van der Waals surface area (Å²) in [6.07, 6.45) is 1.24. The van der Waals surface area contributed by atoms with Crippen molar-refractivity contribution in [2.45, 2.75) is 74.3 Å². The Balaban J connectivity index is 2.07. The molecule has 0 heterocycles. The predicted octanol–water partition coefficient (Wildman–Crippen LogP) is 6.45. The van der Waals surface area contributed by atoms with Gasteiger partial charge in [-0.05, 0) is 61.8 Å². The Labute approximate surface area is 210 Å². The van der Waals surface area contributed by atoms with Gasteiger partial charge in [-0.1, -0.05) is 71.9 Å². The van der Waals surface area contributed by atoms with Crippen molar-refractivity contribution in [3.63, 3.8) is 0 Å². The fourth-order valence-corrected chi connectivity index (χ4v) is 4.38. The molecule has 5 nitrogen and oxygen atoms in total. The van der Waals surface area contributed by atoms with Crippen LogP contribution in [0, 0.1) is 22.7 Å².